The number of rotatable bonds is 4. The number of hydrogen-bond acceptors (Lipinski definition) is 3. The van der Waals surface area contributed by atoms with Crippen molar-refractivity contribution < 1.29 is 4.39 Å². The molecule has 0 radical (unpaired) electrons. The second kappa shape index (κ2) is 6.40. The van der Waals surface area contributed by atoms with E-state index in [0.717, 1.165) is 24.1 Å². The second-order valence-electron chi connectivity index (χ2n) is 9.09. The van der Waals surface area contributed by atoms with Crippen molar-refractivity contribution >= 4 is 0 Å². The summed E-state index contributed by atoms with van der Waals surface area (Å²) in [5, 5.41) is 9.03. The van der Waals surface area contributed by atoms with Crippen LogP contribution in [-0.4, -0.2) is 22.5 Å². The lowest BCUT2D eigenvalue weighted by Gasteiger charge is -2.30. The molecule has 1 aliphatic carbocycles. The van der Waals surface area contributed by atoms with Crippen LogP contribution in [-0.2, 0) is 6.54 Å². The zero-order chi connectivity index (χ0) is 19.5. The normalized spacial score (nSPS) is 29.2. The van der Waals surface area contributed by atoms with E-state index < -0.39 is 5.82 Å². The maximum atomic E-state index is 14.3. The highest BCUT2D eigenvalue weighted by Crippen LogP contribution is 2.48. The SMILES string of the molecule is C[C@]1(N)C[C@H]2CC[C@@H]1N2Cc1cccc(-c2ccc(C#N)c(F)c2)c1C1CC1. The summed E-state index contributed by atoms with van der Waals surface area (Å²) in [6, 6.07) is 14.4. The van der Waals surface area contributed by atoms with Gasteiger partial charge in [-0.1, -0.05) is 24.3 Å². The third-order valence-corrected chi connectivity index (χ3v) is 7.01. The molecule has 3 nitrogen and oxygen atoms in total. The van der Waals surface area contributed by atoms with E-state index >= 15 is 0 Å². The second-order valence-corrected chi connectivity index (χ2v) is 9.09. The molecule has 0 aromatic heterocycles. The minimum atomic E-state index is -0.441. The van der Waals surface area contributed by atoms with Gasteiger partial charge in [-0.2, -0.15) is 5.26 Å². The van der Waals surface area contributed by atoms with Gasteiger partial charge >= 0.3 is 0 Å². The maximum absolute atomic E-state index is 14.3. The summed E-state index contributed by atoms with van der Waals surface area (Å²) in [4.78, 5) is 2.62. The average Bonchev–Trinajstić information content (AvgIpc) is 3.39. The first-order valence-electron chi connectivity index (χ1n) is 10.3. The van der Waals surface area contributed by atoms with Crippen LogP contribution < -0.4 is 5.73 Å². The van der Waals surface area contributed by atoms with Crippen LogP contribution in [0.3, 0.4) is 0 Å². The van der Waals surface area contributed by atoms with Crippen molar-refractivity contribution in [3.63, 3.8) is 0 Å². The van der Waals surface area contributed by atoms with Crippen molar-refractivity contribution in [2.75, 3.05) is 0 Å². The van der Waals surface area contributed by atoms with E-state index in [1.54, 1.807) is 6.07 Å². The lowest BCUT2D eigenvalue weighted by molar-refractivity contribution is 0.220. The zero-order valence-corrected chi connectivity index (χ0v) is 16.3. The van der Waals surface area contributed by atoms with Gasteiger partial charge in [0.1, 0.15) is 11.9 Å². The lowest BCUT2D eigenvalue weighted by atomic mass is 9.84. The van der Waals surface area contributed by atoms with E-state index in [1.807, 2.05) is 12.1 Å². The number of hydrogen-bond donors (Lipinski definition) is 1. The molecule has 2 heterocycles. The first-order valence-corrected chi connectivity index (χ1v) is 10.3. The topological polar surface area (TPSA) is 53.0 Å². The molecule has 2 aliphatic heterocycles. The Kier molecular flexibility index (Phi) is 4.08. The van der Waals surface area contributed by atoms with E-state index in [2.05, 4.69) is 30.0 Å². The quantitative estimate of drug-likeness (QED) is 0.843. The van der Waals surface area contributed by atoms with Gasteiger partial charge < -0.3 is 5.73 Å². The minimum Gasteiger partial charge on any atom is -0.324 e. The van der Waals surface area contributed by atoms with Gasteiger partial charge in [-0.25, -0.2) is 4.39 Å². The standard InChI is InChI=1S/C24H26FN3/c1-24(27)12-19-9-10-22(24)28(19)14-18-3-2-4-20(23(18)15-5-6-15)16-7-8-17(13-26)21(25)11-16/h2-4,7-8,11,15,19,22H,5-6,9-10,12,14,27H2,1H3/t19-,22+,24+/m1/s1. The molecule has 3 aliphatic rings. The molecule has 0 unspecified atom stereocenters. The molecule has 28 heavy (non-hydrogen) atoms. The summed E-state index contributed by atoms with van der Waals surface area (Å²) < 4.78 is 14.3. The van der Waals surface area contributed by atoms with Crippen LogP contribution in [0.2, 0.25) is 0 Å². The molecule has 0 amide bonds. The molecule has 2 aromatic carbocycles. The van der Waals surface area contributed by atoms with Crippen LogP contribution in [0.25, 0.3) is 11.1 Å². The third-order valence-electron chi connectivity index (χ3n) is 7.01. The molecule has 2 saturated heterocycles. The summed E-state index contributed by atoms with van der Waals surface area (Å²) >= 11 is 0. The molecule has 1 saturated carbocycles. The Morgan fingerprint density at radius 2 is 2.04 bits per heavy atom. The molecule has 3 fully saturated rings. The molecule has 2 N–H and O–H groups in total. The first kappa shape index (κ1) is 17.8. The Morgan fingerprint density at radius 3 is 2.64 bits per heavy atom. The third kappa shape index (κ3) is 2.85. The molecular formula is C24H26FN3. The summed E-state index contributed by atoms with van der Waals surface area (Å²) in [6.45, 7) is 3.13. The van der Waals surface area contributed by atoms with Crippen LogP contribution >= 0.6 is 0 Å². The van der Waals surface area contributed by atoms with Gasteiger partial charge in [0.05, 0.1) is 5.56 Å². The monoisotopic (exact) mass is 375 g/mol. The molecular weight excluding hydrogens is 349 g/mol. The first-order chi connectivity index (χ1) is 13.5. The van der Waals surface area contributed by atoms with Gasteiger partial charge in [-0.05, 0) is 79.3 Å². The van der Waals surface area contributed by atoms with E-state index in [4.69, 9.17) is 11.0 Å². The number of fused-ring (bicyclic) bond motifs is 2. The molecule has 5 rings (SSSR count). The number of nitrogens with two attached hydrogens (primary N) is 1. The van der Waals surface area contributed by atoms with Gasteiger partial charge in [0.15, 0.2) is 0 Å². The maximum Gasteiger partial charge on any atom is 0.141 e. The molecule has 4 heteroatoms. The van der Waals surface area contributed by atoms with Crippen LogP contribution in [0.5, 0.6) is 0 Å². The predicted molar refractivity (Wildman–Crippen MR) is 108 cm³/mol. The number of halogens is 1. The van der Waals surface area contributed by atoms with Crippen molar-refractivity contribution in [1.29, 1.82) is 5.26 Å². The van der Waals surface area contributed by atoms with E-state index in [9.17, 15) is 4.39 Å². The number of nitriles is 1. The molecule has 0 spiro atoms. The van der Waals surface area contributed by atoms with Gasteiger partial charge in [-0.3, -0.25) is 4.90 Å². The van der Waals surface area contributed by atoms with Crippen molar-refractivity contribution in [3.05, 3.63) is 58.9 Å². The van der Waals surface area contributed by atoms with E-state index in [1.165, 1.54) is 42.9 Å². The minimum absolute atomic E-state index is 0.0868. The highest BCUT2D eigenvalue weighted by Gasteiger charge is 2.51. The summed E-state index contributed by atoms with van der Waals surface area (Å²) in [6.07, 6.45) is 5.92. The van der Waals surface area contributed by atoms with Crippen molar-refractivity contribution in [3.8, 4) is 17.2 Å². The Bertz CT molecular complexity index is 970. The van der Waals surface area contributed by atoms with Crippen LogP contribution in [0, 0.1) is 17.1 Å². The predicted octanol–water partition coefficient (Wildman–Crippen LogP) is 4.70. The van der Waals surface area contributed by atoms with E-state index in [-0.39, 0.29) is 11.1 Å². The van der Waals surface area contributed by atoms with E-state index in [0.29, 0.717) is 18.0 Å². The fraction of sp³-hybridized carbons (Fsp3) is 0.458. The Labute approximate surface area is 166 Å². The summed E-state index contributed by atoms with van der Waals surface area (Å²) in [5.41, 5.74) is 11.3. The van der Waals surface area contributed by atoms with Crippen molar-refractivity contribution in [2.45, 2.75) is 69.1 Å². The Hall–Kier alpha value is -2.22. The number of benzene rings is 2. The number of nitrogens with zero attached hydrogens (tertiary/aromatic N) is 2. The fourth-order valence-corrected chi connectivity index (χ4v) is 5.57. The summed E-state index contributed by atoms with van der Waals surface area (Å²) in [5.74, 6) is 0.123. The molecule has 144 valence electrons. The smallest absolute Gasteiger partial charge is 0.141 e. The van der Waals surface area contributed by atoms with Crippen molar-refractivity contribution in [1.82, 2.24) is 4.90 Å². The van der Waals surface area contributed by atoms with Gasteiger partial charge in [-0.15, -0.1) is 0 Å². The van der Waals surface area contributed by atoms with Crippen molar-refractivity contribution in [2.24, 2.45) is 5.73 Å². The zero-order valence-electron chi connectivity index (χ0n) is 16.3. The highest BCUT2D eigenvalue weighted by atomic mass is 19.1. The van der Waals surface area contributed by atoms with Gasteiger partial charge in [0, 0.05) is 24.2 Å². The highest BCUT2D eigenvalue weighted by molar-refractivity contribution is 5.71. The lowest BCUT2D eigenvalue weighted by Crippen LogP contribution is -2.48. The largest absolute Gasteiger partial charge is 0.324 e. The van der Waals surface area contributed by atoms with Crippen LogP contribution in [0.4, 0.5) is 4.39 Å². The average molecular weight is 375 g/mol. The summed E-state index contributed by atoms with van der Waals surface area (Å²) in [7, 11) is 0. The van der Waals surface area contributed by atoms with Gasteiger partial charge in [0.25, 0.3) is 0 Å². The van der Waals surface area contributed by atoms with Crippen LogP contribution in [0.1, 0.15) is 61.6 Å². The molecule has 3 atom stereocenters. The van der Waals surface area contributed by atoms with Gasteiger partial charge in [0.2, 0.25) is 0 Å². The van der Waals surface area contributed by atoms with Crippen LogP contribution in [0.15, 0.2) is 36.4 Å². The molecule has 2 aromatic rings. The molecule has 2 bridgehead atoms. The Balaban J connectivity index is 1.53. The Morgan fingerprint density at radius 1 is 1.21 bits per heavy atom. The fourth-order valence-electron chi connectivity index (χ4n) is 5.57.